The van der Waals surface area contributed by atoms with Gasteiger partial charge in [-0.25, -0.2) is 17.1 Å². The van der Waals surface area contributed by atoms with E-state index < -0.39 is 10.0 Å². The number of amides is 1. The van der Waals surface area contributed by atoms with Crippen LogP contribution in [0.5, 0.6) is 0 Å². The molecule has 26 heavy (non-hydrogen) atoms. The zero-order valence-electron chi connectivity index (χ0n) is 14.9. The van der Waals surface area contributed by atoms with E-state index in [2.05, 4.69) is 5.32 Å². The minimum absolute atomic E-state index is 0.116. The molecule has 0 bridgehead atoms. The summed E-state index contributed by atoms with van der Waals surface area (Å²) in [4.78, 5) is 12.6. The average molecular weight is 376 g/mol. The van der Waals surface area contributed by atoms with Crippen LogP contribution < -0.4 is 5.32 Å². The number of carbonyl (C=O) groups is 1. The molecule has 2 aromatic rings. The summed E-state index contributed by atoms with van der Waals surface area (Å²) in [5, 5.41) is 2.80. The van der Waals surface area contributed by atoms with Crippen LogP contribution in [0.3, 0.4) is 0 Å². The quantitative estimate of drug-likeness (QED) is 0.872. The van der Waals surface area contributed by atoms with E-state index in [9.17, 15) is 17.6 Å². The van der Waals surface area contributed by atoms with Crippen LogP contribution in [0.15, 0.2) is 47.4 Å². The Balaban J connectivity index is 1.78. The largest absolute Gasteiger partial charge is 0.326 e. The van der Waals surface area contributed by atoms with Gasteiger partial charge in [-0.05, 0) is 48.6 Å². The molecule has 2 atom stereocenters. The Morgan fingerprint density at radius 2 is 1.88 bits per heavy atom. The highest BCUT2D eigenvalue weighted by Crippen LogP contribution is 2.48. The van der Waals surface area contributed by atoms with Crippen LogP contribution in [-0.2, 0) is 14.8 Å². The number of nitrogens with one attached hydrogen (secondary N) is 1. The van der Waals surface area contributed by atoms with Crippen LogP contribution in [0.4, 0.5) is 10.1 Å². The first-order valence-electron chi connectivity index (χ1n) is 8.30. The highest BCUT2D eigenvalue weighted by Gasteiger charge is 2.45. The number of sulfonamides is 1. The molecule has 0 heterocycles. The molecule has 1 saturated carbocycles. The topological polar surface area (TPSA) is 66.5 Å². The van der Waals surface area contributed by atoms with Crippen molar-refractivity contribution in [2.75, 3.05) is 19.4 Å². The standard InChI is InChI=1S/C19H21FN2O3S/c1-12-8-9-13(26(24,25)22(2)3)10-18(12)21-19(23)16-11-15(16)14-6-4-5-7-17(14)20/h4-10,15-16H,11H2,1-3H3,(H,21,23). The smallest absolute Gasteiger partial charge is 0.242 e. The van der Waals surface area contributed by atoms with Gasteiger partial charge in [-0.3, -0.25) is 4.79 Å². The van der Waals surface area contributed by atoms with E-state index in [1.54, 1.807) is 31.2 Å². The van der Waals surface area contributed by atoms with Crippen molar-refractivity contribution in [2.24, 2.45) is 5.92 Å². The van der Waals surface area contributed by atoms with Gasteiger partial charge in [0.1, 0.15) is 5.82 Å². The molecule has 7 heteroatoms. The van der Waals surface area contributed by atoms with E-state index >= 15 is 0 Å². The molecular formula is C19H21FN2O3S. The van der Waals surface area contributed by atoms with Gasteiger partial charge in [0, 0.05) is 25.7 Å². The second-order valence-corrected chi connectivity index (χ2v) is 8.88. The van der Waals surface area contributed by atoms with E-state index in [0.717, 1.165) is 9.87 Å². The molecule has 0 radical (unpaired) electrons. The Kier molecular flexibility index (Phi) is 4.86. The molecule has 0 saturated heterocycles. The molecule has 3 rings (SSSR count). The predicted octanol–water partition coefficient (Wildman–Crippen LogP) is 3.13. The van der Waals surface area contributed by atoms with Gasteiger partial charge >= 0.3 is 0 Å². The highest BCUT2D eigenvalue weighted by atomic mass is 32.2. The van der Waals surface area contributed by atoms with Gasteiger partial charge in [0.15, 0.2) is 0 Å². The first-order valence-corrected chi connectivity index (χ1v) is 9.74. The van der Waals surface area contributed by atoms with E-state index in [0.29, 0.717) is 17.7 Å². The van der Waals surface area contributed by atoms with Crippen LogP contribution in [0, 0.1) is 18.7 Å². The lowest BCUT2D eigenvalue weighted by Gasteiger charge is -2.14. The number of rotatable bonds is 5. The Bertz CT molecular complexity index is 957. The van der Waals surface area contributed by atoms with E-state index in [1.807, 2.05) is 0 Å². The molecule has 1 fully saturated rings. The molecule has 5 nitrogen and oxygen atoms in total. The summed E-state index contributed by atoms with van der Waals surface area (Å²) in [6, 6.07) is 11.1. The van der Waals surface area contributed by atoms with Crippen LogP contribution in [0.2, 0.25) is 0 Å². The number of aryl methyl sites for hydroxylation is 1. The molecule has 138 valence electrons. The van der Waals surface area contributed by atoms with Crippen molar-refractivity contribution in [2.45, 2.75) is 24.2 Å². The lowest BCUT2D eigenvalue weighted by molar-refractivity contribution is -0.117. The van der Waals surface area contributed by atoms with Crippen LogP contribution in [0.25, 0.3) is 0 Å². The van der Waals surface area contributed by atoms with Gasteiger partial charge in [0.05, 0.1) is 4.90 Å². The summed E-state index contributed by atoms with van der Waals surface area (Å²) in [6.45, 7) is 1.79. The summed E-state index contributed by atoms with van der Waals surface area (Å²) in [5.41, 5.74) is 1.77. The van der Waals surface area contributed by atoms with Gasteiger partial charge in [-0.1, -0.05) is 24.3 Å². The molecule has 1 N–H and O–H groups in total. The number of hydrogen-bond acceptors (Lipinski definition) is 3. The number of carbonyl (C=O) groups excluding carboxylic acids is 1. The normalized spacial score (nSPS) is 19.4. The lowest BCUT2D eigenvalue weighted by atomic mass is 10.1. The zero-order valence-corrected chi connectivity index (χ0v) is 15.7. The third-order valence-electron chi connectivity index (χ3n) is 4.68. The molecule has 1 amide bonds. The summed E-state index contributed by atoms with van der Waals surface area (Å²) in [7, 11) is -0.673. The number of benzene rings is 2. The number of anilines is 1. The average Bonchev–Trinajstić information content (AvgIpc) is 3.37. The highest BCUT2D eigenvalue weighted by molar-refractivity contribution is 7.89. The maximum Gasteiger partial charge on any atom is 0.242 e. The maximum absolute atomic E-state index is 13.9. The minimum Gasteiger partial charge on any atom is -0.326 e. The molecular weight excluding hydrogens is 355 g/mol. The van der Waals surface area contributed by atoms with Gasteiger partial charge in [-0.2, -0.15) is 0 Å². The number of hydrogen-bond donors (Lipinski definition) is 1. The third-order valence-corrected chi connectivity index (χ3v) is 6.49. The summed E-state index contributed by atoms with van der Waals surface area (Å²) < 4.78 is 39.5. The van der Waals surface area contributed by atoms with Crippen molar-refractivity contribution in [1.29, 1.82) is 0 Å². The molecule has 0 aliphatic heterocycles. The fraction of sp³-hybridized carbons (Fsp3) is 0.316. The SMILES string of the molecule is Cc1ccc(S(=O)(=O)N(C)C)cc1NC(=O)C1CC1c1ccccc1F. The van der Waals surface area contributed by atoms with E-state index in [1.165, 1.54) is 32.3 Å². The van der Waals surface area contributed by atoms with Gasteiger partial charge in [0.2, 0.25) is 15.9 Å². The molecule has 2 aromatic carbocycles. The van der Waals surface area contributed by atoms with Crippen LogP contribution in [-0.4, -0.2) is 32.7 Å². The van der Waals surface area contributed by atoms with Crippen molar-refractivity contribution in [1.82, 2.24) is 4.31 Å². The van der Waals surface area contributed by atoms with Crippen molar-refractivity contribution in [3.8, 4) is 0 Å². The van der Waals surface area contributed by atoms with E-state index in [-0.39, 0.29) is 28.5 Å². The first kappa shape index (κ1) is 18.5. The summed E-state index contributed by atoms with van der Waals surface area (Å²) in [6.07, 6.45) is 0.585. The second kappa shape index (κ2) is 6.81. The molecule has 2 unspecified atom stereocenters. The molecule has 0 aromatic heterocycles. The summed E-state index contributed by atoms with van der Waals surface area (Å²) in [5.74, 6) is -0.964. The van der Waals surface area contributed by atoms with Gasteiger partial charge in [0.25, 0.3) is 0 Å². The third kappa shape index (κ3) is 3.50. The summed E-state index contributed by atoms with van der Waals surface area (Å²) >= 11 is 0. The van der Waals surface area contributed by atoms with Crippen LogP contribution in [0.1, 0.15) is 23.5 Å². The zero-order chi connectivity index (χ0) is 19.1. The fourth-order valence-corrected chi connectivity index (χ4v) is 3.87. The Morgan fingerprint density at radius 3 is 2.54 bits per heavy atom. The molecule has 0 spiro atoms. The van der Waals surface area contributed by atoms with Crippen molar-refractivity contribution in [3.05, 3.63) is 59.4 Å². The Hall–Kier alpha value is -2.25. The van der Waals surface area contributed by atoms with Crippen molar-refractivity contribution < 1.29 is 17.6 Å². The van der Waals surface area contributed by atoms with Crippen molar-refractivity contribution >= 4 is 21.6 Å². The number of halogens is 1. The molecule has 1 aliphatic rings. The predicted molar refractivity (Wildman–Crippen MR) is 97.9 cm³/mol. The van der Waals surface area contributed by atoms with Gasteiger partial charge < -0.3 is 5.32 Å². The molecule has 1 aliphatic carbocycles. The minimum atomic E-state index is -3.58. The monoisotopic (exact) mass is 376 g/mol. The lowest BCUT2D eigenvalue weighted by Crippen LogP contribution is -2.22. The number of nitrogens with zero attached hydrogens (tertiary/aromatic N) is 1. The maximum atomic E-state index is 13.9. The van der Waals surface area contributed by atoms with Gasteiger partial charge in [-0.15, -0.1) is 0 Å². The Morgan fingerprint density at radius 1 is 1.19 bits per heavy atom. The van der Waals surface area contributed by atoms with Crippen molar-refractivity contribution in [3.63, 3.8) is 0 Å². The van der Waals surface area contributed by atoms with Crippen LogP contribution >= 0.6 is 0 Å². The Labute approximate surface area is 152 Å². The fourth-order valence-electron chi connectivity index (χ4n) is 2.94. The van der Waals surface area contributed by atoms with E-state index in [4.69, 9.17) is 0 Å². The first-order chi connectivity index (χ1) is 12.2. The second-order valence-electron chi connectivity index (χ2n) is 6.72.